The number of nitrogens with zero attached hydrogens (tertiary/aromatic N) is 1. The molecule has 1 aromatic rings. The maximum absolute atomic E-state index is 10.7. The van der Waals surface area contributed by atoms with Crippen LogP contribution >= 0.6 is 15.9 Å². The summed E-state index contributed by atoms with van der Waals surface area (Å²) in [5.41, 5.74) is 0.460. The van der Waals surface area contributed by atoms with E-state index in [1.165, 1.54) is 19.1 Å². The third-order valence-electron chi connectivity index (χ3n) is 2.09. The fourth-order valence-corrected chi connectivity index (χ4v) is 1.63. The molecular formula is C10H10BrNO5. The van der Waals surface area contributed by atoms with Crippen LogP contribution in [0.15, 0.2) is 22.7 Å². The lowest BCUT2D eigenvalue weighted by molar-refractivity contribution is -0.385. The molecule has 0 aliphatic rings. The van der Waals surface area contributed by atoms with E-state index in [1.54, 1.807) is 6.07 Å². The van der Waals surface area contributed by atoms with E-state index in [0.29, 0.717) is 10.0 Å². The smallest absolute Gasteiger partial charge is 0.332 e. The SMILES string of the molecule is C[C@@H](OCc1cccc([N+](=O)[O-])c1Br)C(=O)O. The van der Waals surface area contributed by atoms with Crippen LogP contribution in [0.4, 0.5) is 5.69 Å². The minimum Gasteiger partial charge on any atom is -0.479 e. The summed E-state index contributed by atoms with van der Waals surface area (Å²) >= 11 is 3.10. The summed E-state index contributed by atoms with van der Waals surface area (Å²) in [6, 6.07) is 4.51. The first kappa shape index (κ1) is 13.6. The van der Waals surface area contributed by atoms with Crippen LogP contribution in [0.25, 0.3) is 0 Å². The first-order chi connectivity index (χ1) is 7.93. The van der Waals surface area contributed by atoms with Crippen LogP contribution in [0, 0.1) is 10.1 Å². The second-order valence-corrected chi connectivity index (χ2v) is 4.09. The van der Waals surface area contributed by atoms with E-state index in [2.05, 4.69) is 15.9 Å². The number of aliphatic carboxylic acids is 1. The Labute approximate surface area is 105 Å². The van der Waals surface area contributed by atoms with Gasteiger partial charge in [0.15, 0.2) is 6.10 Å². The van der Waals surface area contributed by atoms with E-state index >= 15 is 0 Å². The number of halogens is 1. The Bertz CT molecular complexity index is 448. The highest BCUT2D eigenvalue weighted by Crippen LogP contribution is 2.28. The molecule has 1 aromatic carbocycles. The van der Waals surface area contributed by atoms with Crippen molar-refractivity contribution >= 4 is 27.6 Å². The van der Waals surface area contributed by atoms with Gasteiger partial charge in [-0.05, 0) is 28.4 Å². The summed E-state index contributed by atoms with van der Waals surface area (Å²) < 4.78 is 5.36. The van der Waals surface area contributed by atoms with Crippen LogP contribution < -0.4 is 0 Å². The molecule has 0 unspecified atom stereocenters. The van der Waals surface area contributed by atoms with E-state index in [0.717, 1.165) is 0 Å². The van der Waals surface area contributed by atoms with E-state index in [9.17, 15) is 14.9 Å². The number of rotatable bonds is 5. The van der Waals surface area contributed by atoms with Crippen molar-refractivity contribution in [1.29, 1.82) is 0 Å². The molecule has 6 nitrogen and oxygen atoms in total. The predicted octanol–water partition coefficient (Wildman–Crippen LogP) is 2.35. The molecule has 0 fully saturated rings. The van der Waals surface area contributed by atoms with Gasteiger partial charge >= 0.3 is 5.97 Å². The van der Waals surface area contributed by atoms with Gasteiger partial charge in [0.1, 0.15) is 4.47 Å². The number of ether oxygens (including phenoxy) is 1. The van der Waals surface area contributed by atoms with Crippen molar-refractivity contribution in [3.05, 3.63) is 38.3 Å². The Balaban J connectivity index is 2.82. The lowest BCUT2D eigenvalue weighted by atomic mass is 10.2. The lowest BCUT2D eigenvalue weighted by Crippen LogP contribution is -2.19. The van der Waals surface area contributed by atoms with Gasteiger partial charge in [0, 0.05) is 6.07 Å². The topological polar surface area (TPSA) is 89.7 Å². The molecular weight excluding hydrogens is 294 g/mol. The maximum Gasteiger partial charge on any atom is 0.332 e. The molecule has 0 aromatic heterocycles. The molecule has 1 atom stereocenters. The fourth-order valence-electron chi connectivity index (χ4n) is 1.10. The second-order valence-electron chi connectivity index (χ2n) is 3.30. The predicted molar refractivity (Wildman–Crippen MR) is 62.7 cm³/mol. The van der Waals surface area contributed by atoms with Gasteiger partial charge in [0.2, 0.25) is 0 Å². The molecule has 1 N–H and O–H groups in total. The number of hydrogen-bond donors (Lipinski definition) is 1. The molecule has 0 heterocycles. The Morgan fingerprint density at radius 3 is 2.82 bits per heavy atom. The summed E-state index contributed by atoms with van der Waals surface area (Å²) in [6.07, 6.45) is -0.957. The molecule has 92 valence electrons. The van der Waals surface area contributed by atoms with Crippen molar-refractivity contribution < 1.29 is 19.6 Å². The van der Waals surface area contributed by atoms with Crippen LogP contribution in [0.3, 0.4) is 0 Å². The quantitative estimate of drug-likeness (QED) is 0.666. The van der Waals surface area contributed by atoms with Crippen LogP contribution in [0.2, 0.25) is 0 Å². The number of nitro groups is 1. The monoisotopic (exact) mass is 303 g/mol. The minimum atomic E-state index is -1.08. The van der Waals surface area contributed by atoms with E-state index in [1.807, 2.05) is 0 Å². The van der Waals surface area contributed by atoms with Crippen molar-refractivity contribution in [3.8, 4) is 0 Å². The molecule has 0 bridgehead atoms. The first-order valence-corrected chi connectivity index (χ1v) is 5.49. The van der Waals surface area contributed by atoms with Crippen molar-refractivity contribution in [2.75, 3.05) is 0 Å². The average molecular weight is 304 g/mol. The zero-order valence-electron chi connectivity index (χ0n) is 8.92. The van der Waals surface area contributed by atoms with Crippen LogP contribution in [0.1, 0.15) is 12.5 Å². The zero-order chi connectivity index (χ0) is 13.0. The number of carboxylic acid groups (broad SMARTS) is 1. The highest BCUT2D eigenvalue weighted by Gasteiger charge is 2.17. The third-order valence-corrected chi connectivity index (χ3v) is 3.01. The van der Waals surface area contributed by atoms with Crippen LogP contribution in [-0.2, 0) is 16.1 Å². The van der Waals surface area contributed by atoms with Gasteiger partial charge in [0.25, 0.3) is 5.69 Å². The van der Waals surface area contributed by atoms with Gasteiger partial charge in [-0.25, -0.2) is 4.79 Å². The lowest BCUT2D eigenvalue weighted by Gasteiger charge is -2.09. The van der Waals surface area contributed by atoms with Crippen molar-refractivity contribution in [2.45, 2.75) is 19.6 Å². The largest absolute Gasteiger partial charge is 0.479 e. The molecule has 0 saturated heterocycles. The molecule has 0 radical (unpaired) electrons. The Hall–Kier alpha value is -1.47. The number of carbonyl (C=O) groups is 1. The summed E-state index contributed by atoms with van der Waals surface area (Å²) in [6.45, 7) is 1.39. The highest BCUT2D eigenvalue weighted by atomic mass is 79.9. The molecule has 0 aliphatic carbocycles. The Morgan fingerprint density at radius 2 is 2.29 bits per heavy atom. The first-order valence-electron chi connectivity index (χ1n) is 4.69. The third kappa shape index (κ3) is 3.50. The second kappa shape index (κ2) is 5.74. The normalized spacial score (nSPS) is 12.1. The minimum absolute atomic E-state index is 0.00424. The van der Waals surface area contributed by atoms with Crippen molar-refractivity contribution in [3.63, 3.8) is 0 Å². The maximum atomic E-state index is 10.7. The molecule has 0 spiro atoms. The number of nitro benzene ring substituents is 1. The van der Waals surface area contributed by atoms with Crippen LogP contribution in [0.5, 0.6) is 0 Å². The molecule has 1 rings (SSSR count). The van der Waals surface area contributed by atoms with Gasteiger partial charge in [-0.2, -0.15) is 0 Å². The number of carboxylic acids is 1. The molecule has 0 amide bonds. The highest BCUT2D eigenvalue weighted by molar-refractivity contribution is 9.10. The van der Waals surface area contributed by atoms with Gasteiger partial charge in [0.05, 0.1) is 11.5 Å². The zero-order valence-corrected chi connectivity index (χ0v) is 10.5. The molecule has 7 heteroatoms. The summed E-state index contributed by atoms with van der Waals surface area (Å²) in [4.78, 5) is 20.7. The number of benzene rings is 1. The Kier molecular flexibility index (Phi) is 4.59. The van der Waals surface area contributed by atoms with E-state index in [4.69, 9.17) is 9.84 Å². The van der Waals surface area contributed by atoms with Gasteiger partial charge in [-0.1, -0.05) is 12.1 Å². The number of hydrogen-bond acceptors (Lipinski definition) is 4. The standard InChI is InChI=1S/C10H10BrNO5/c1-6(10(13)14)17-5-7-3-2-4-8(9(7)11)12(15)16/h2-4,6H,5H2,1H3,(H,13,14)/t6-/m1/s1. The summed E-state index contributed by atoms with van der Waals surface area (Å²) in [7, 11) is 0. The molecule has 17 heavy (non-hydrogen) atoms. The van der Waals surface area contributed by atoms with Crippen LogP contribution in [-0.4, -0.2) is 22.1 Å². The fraction of sp³-hybridized carbons (Fsp3) is 0.300. The van der Waals surface area contributed by atoms with Gasteiger partial charge in [-0.3, -0.25) is 10.1 Å². The van der Waals surface area contributed by atoms with Gasteiger partial charge < -0.3 is 9.84 Å². The van der Waals surface area contributed by atoms with Gasteiger partial charge in [-0.15, -0.1) is 0 Å². The van der Waals surface area contributed by atoms with E-state index < -0.39 is 17.0 Å². The van der Waals surface area contributed by atoms with Crippen molar-refractivity contribution in [2.24, 2.45) is 0 Å². The molecule has 0 aliphatic heterocycles. The Morgan fingerprint density at radius 1 is 1.65 bits per heavy atom. The van der Waals surface area contributed by atoms with E-state index in [-0.39, 0.29) is 12.3 Å². The molecule has 0 saturated carbocycles. The van der Waals surface area contributed by atoms with Crippen molar-refractivity contribution in [1.82, 2.24) is 0 Å². The summed E-state index contributed by atoms with van der Waals surface area (Å²) in [5, 5.41) is 19.3. The summed E-state index contributed by atoms with van der Waals surface area (Å²) in [5.74, 6) is -1.08. The average Bonchev–Trinajstić information content (AvgIpc) is 2.26.